The number of hydrogen-bond donors (Lipinski definition) is 2. The van der Waals surface area contributed by atoms with Crippen molar-refractivity contribution in [2.24, 2.45) is 5.92 Å². The van der Waals surface area contributed by atoms with Crippen molar-refractivity contribution in [3.8, 4) is 0 Å². The van der Waals surface area contributed by atoms with Crippen LogP contribution in [-0.4, -0.2) is 17.8 Å². The molecule has 2 nitrogen and oxygen atoms in total. The molecule has 96 valence electrons. The standard InChI is InChI=1S/C13H19ClFNO/c1-9(2)13(5-6-17)16-8-10-3-4-11(14)7-12(10)15/h3-4,7,9,13,16-17H,5-6,8H2,1-2H3. The van der Waals surface area contributed by atoms with E-state index in [1.54, 1.807) is 12.1 Å². The maximum Gasteiger partial charge on any atom is 0.129 e. The summed E-state index contributed by atoms with van der Waals surface area (Å²) < 4.78 is 13.5. The highest BCUT2D eigenvalue weighted by molar-refractivity contribution is 6.30. The van der Waals surface area contributed by atoms with Crippen LogP contribution in [0.1, 0.15) is 25.8 Å². The van der Waals surface area contributed by atoms with Crippen molar-refractivity contribution in [2.45, 2.75) is 32.9 Å². The summed E-state index contributed by atoms with van der Waals surface area (Å²) in [5, 5.41) is 12.6. The lowest BCUT2D eigenvalue weighted by molar-refractivity contribution is 0.243. The van der Waals surface area contributed by atoms with Gasteiger partial charge in [0.05, 0.1) is 0 Å². The zero-order valence-corrected chi connectivity index (χ0v) is 11.0. The molecule has 0 saturated carbocycles. The van der Waals surface area contributed by atoms with E-state index in [0.29, 0.717) is 29.5 Å². The van der Waals surface area contributed by atoms with E-state index >= 15 is 0 Å². The average Bonchev–Trinajstić information content (AvgIpc) is 2.25. The van der Waals surface area contributed by atoms with Crippen LogP contribution in [0.3, 0.4) is 0 Å². The minimum Gasteiger partial charge on any atom is -0.396 e. The molecule has 0 radical (unpaired) electrons. The van der Waals surface area contributed by atoms with Crippen molar-refractivity contribution in [1.82, 2.24) is 5.32 Å². The molecule has 1 rings (SSSR count). The monoisotopic (exact) mass is 259 g/mol. The molecule has 1 aromatic carbocycles. The summed E-state index contributed by atoms with van der Waals surface area (Å²) in [6.07, 6.45) is 0.673. The SMILES string of the molecule is CC(C)C(CCO)NCc1ccc(Cl)cc1F. The Labute approximate surface area is 107 Å². The van der Waals surface area contributed by atoms with Crippen molar-refractivity contribution < 1.29 is 9.50 Å². The van der Waals surface area contributed by atoms with Gasteiger partial charge in [0.15, 0.2) is 0 Å². The second kappa shape index (κ2) is 6.94. The first-order valence-electron chi connectivity index (χ1n) is 5.82. The Hall–Kier alpha value is -0.640. The summed E-state index contributed by atoms with van der Waals surface area (Å²) in [5.74, 6) is 0.106. The fourth-order valence-electron chi connectivity index (χ4n) is 1.72. The van der Waals surface area contributed by atoms with E-state index in [-0.39, 0.29) is 18.5 Å². The topological polar surface area (TPSA) is 32.3 Å². The highest BCUT2D eigenvalue weighted by Crippen LogP contribution is 2.15. The normalized spacial score (nSPS) is 13.1. The van der Waals surface area contributed by atoms with E-state index in [2.05, 4.69) is 19.2 Å². The lowest BCUT2D eigenvalue weighted by Crippen LogP contribution is -2.34. The van der Waals surface area contributed by atoms with Gasteiger partial charge in [-0.05, 0) is 24.5 Å². The molecule has 1 unspecified atom stereocenters. The zero-order chi connectivity index (χ0) is 12.8. The second-order valence-electron chi connectivity index (χ2n) is 4.48. The van der Waals surface area contributed by atoms with Gasteiger partial charge in [-0.2, -0.15) is 0 Å². The molecule has 0 fully saturated rings. The van der Waals surface area contributed by atoms with Gasteiger partial charge in [-0.3, -0.25) is 0 Å². The van der Waals surface area contributed by atoms with Crippen LogP contribution >= 0.6 is 11.6 Å². The lowest BCUT2D eigenvalue weighted by Gasteiger charge is -2.21. The molecule has 0 aromatic heterocycles. The Kier molecular flexibility index (Phi) is 5.89. The number of aliphatic hydroxyl groups excluding tert-OH is 1. The number of rotatable bonds is 6. The predicted octanol–water partition coefficient (Wildman–Crippen LogP) is 2.98. The van der Waals surface area contributed by atoms with Crippen molar-refractivity contribution in [2.75, 3.05) is 6.61 Å². The maximum atomic E-state index is 13.5. The Morgan fingerprint density at radius 1 is 1.41 bits per heavy atom. The first-order chi connectivity index (χ1) is 8.04. The summed E-state index contributed by atoms with van der Waals surface area (Å²) in [4.78, 5) is 0. The van der Waals surface area contributed by atoms with Crippen LogP contribution in [0.4, 0.5) is 4.39 Å². The molecule has 4 heteroatoms. The minimum atomic E-state index is -0.295. The molecule has 0 aliphatic rings. The van der Waals surface area contributed by atoms with Crippen LogP contribution in [0.2, 0.25) is 5.02 Å². The molecule has 0 bridgehead atoms. The van der Waals surface area contributed by atoms with Gasteiger partial charge in [0.1, 0.15) is 5.82 Å². The highest BCUT2D eigenvalue weighted by Gasteiger charge is 2.12. The molecular weight excluding hydrogens is 241 g/mol. The molecule has 1 atom stereocenters. The maximum absolute atomic E-state index is 13.5. The molecule has 0 spiro atoms. The number of aliphatic hydroxyl groups is 1. The fraction of sp³-hybridized carbons (Fsp3) is 0.538. The third kappa shape index (κ3) is 4.62. The van der Waals surface area contributed by atoms with Gasteiger partial charge in [0, 0.05) is 29.8 Å². The number of benzene rings is 1. The van der Waals surface area contributed by atoms with E-state index in [0.717, 1.165) is 0 Å². The summed E-state index contributed by atoms with van der Waals surface area (Å²) in [6, 6.07) is 4.86. The molecule has 17 heavy (non-hydrogen) atoms. The van der Waals surface area contributed by atoms with Crippen LogP contribution in [-0.2, 0) is 6.54 Å². The molecule has 2 N–H and O–H groups in total. The largest absolute Gasteiger partial charge is 0.396 e. The Morgan fingerprint density at radius 2 is 2.12 bits per heavy atom. The van der Waals surface area contributed by atoms with Gasteiger partial charge in [0.2, 0.25) is 0 Å². The molecule has 0 aliphatic heterocycles. The quantitative estimate of drug-likeness (QED) is 0.823. The highest BCUT2D eigenvalue weighted by atomic mass is 35.5. The van der Waals surface area contributed by atoms with Gasteiger partial charge in [-0.15, -0.1) is 0 Å². The Balaban J connectivity index is 2.59. The molecule has 0 aliphatic carbocycles. The lowest BCUT2D eigenvalue weighted by atomic mass is 10.0. The van der Waals surface area contributed by atoms with E-state index < -0.39 is 0 Å². The first-order valence-corrected chi connectivity index (χ1v) is 6.20. The van der Waals surface area contributed by atoms with Crippen molar-refractivity contribution in [3.63, 3.8) is 0 Å². The summed E-state index contributed by atoms with van der Waals surface area (Å²) in [6.45, 7) is 4.74. The number of nitrogens with one attached hydrogen (secondary N) is 1. The molecule has 0 amide bonds. The van der Waals surface area contributed by atoms with Crippen LogP contribution in [0.15, 0.2) is 18.2 Å². The molecule has 0 heterocycles. The van der Waals surface area contributed by atoms with Crippen LogP contribution in [0.25, 0.3) is 0 Å². The van der Waals surface area contributed by atoms with Gasteiger partial charge in [-0.1, -0.05) is 31.5 Å². The van der Waals surface area contributed by atoms with Crippen LogP contribution in [0.5, 0.6) is 0 Å². The van der Waals surface area contributed by atoms with Crippen LogP contribution < -0.4 is 5.32 Å². The fourth-order valence-corrected chi connectivity index (χ4v) is 1.88. The average molecular weight is 260 g/mol. The van der Waals surface area contributed by atoms with E-state index in [9.17, 15) is 4.39 Å². The summed E-state index contributed by atoms with van der Waals surface area (Å²) >= 11 is 5.69. The molecule has 1 aromatic rings. The molecule has 0 saturated heterocycles. The smallest absolute Gasteiger partial charge is 0.129 e. The van der Waals surface area contributed by atoms with Gasteiger partial charge >= 0.3 is 0 Å². The predicted molar refractivity (Wildman–Crippen MR) is 68.6 cm³/mol. The van der Waals surface area contributed by atoms with Crippen molar-refractivity contribution in [1.29, 1.82) is 0 Å². The van der Waals surface area contributed by atoms with Gasteiger partial charge in [-0.25, -0.2) is 4.39 Å². The molecular formula is C13H19ClFNO. The van der Waals surface area contributed by atoms with E-state index in [1.807, 2.05) is 0 Å². The van der Waals surface area contributed by atoms with Crippen LogP contribution in [0, 0.1) is 11.7 Å². The first kappa shape index (κ1) is 14.4. The Bertz CT molecular complexity index is 357. The third-order valence-electron chi connectivity index (χ3n) is 2.81. The zero-order valence-electron chi connectivity index (χ0n) is 10.2. The summed E-state index contributed by atoms with van der Waals surface area (Å²) in [7, 11) is 0. The minimum absolute atomic E-state index is 0.138. The summed E-state index contributed by atoms with van der Waals surface area (Å²) in [5.41, 5.74) is 0.595. The Morgan fingerprint density at radius 3 is 2.65 bits per heavy atom. The third-order valence-corrected chi connectivity index (χ3v) is 3.05. The van der Waals surface area contributed by atoms with Gasteiger partial charge in [0.25, 0.3) is 0 Å². The van der Waals surface area contributed by atoms with E-state index in [4.69, 9.17) is 16.7 Å². The number of halogens is 2. The van der Waals surface area contributed by atoms with Crippen molar-refractivity contribution in [3.05, 3.63) is 34.6 Å². The second-order valence-corrected chi connectivity index (χ2v) is 4.92. The van der Waals surface area contributed by atoms with E-state index in [1.165, 1.54) is 6.07 Å². The van der Waals surface area contributed by atoms with Gasteiger partial charge < -0.3 is 10.4 Å². The number of hydrogen-bond acceptors (Lipinski definition) is 2. The van der Waals surface area contributed by atoms with Crippen molar-refractivity contribution >= 4 is 11.6 Å².